The number of benzene rings is 1. The van der Waals surface area contributed by atoms with E-state index < -0.39 is 0 Å². The minimum Gasteiger partial charge on any atom is -0.354 e. The molecule has 4 rings (SSSR count). The number of imidazole rings is 1. The number of para-hydroxylation sites is 1. The fourth-order valence-corrected chi connectivity index (χ4v) is 2.61. The van der Waals surface area contributed by atoms with Crippen molar-refractivity contribution in [2.75, 3.05) is 11.9 Å². The summed E-state index contributed by atoms with van der Waals surface area (Å²) >= 11 is 0. The zero-order chi connectivity index (χ0) is 11.4. The first-order valence-electron chi connectivity index (χ1n) is 5.84. The Hall–Kier alpha value is -2.10. The molecule has 0 fully saturated rings. The lowest BCUT2D eigenvalue weighted by Gasteiger charge is -2.07. The van der Waals surface area contributed by atoms with Crippen LogP contribution in [0.2, 0.25) is 0 Å². The van der Waals surface area contributed by atoms with Crippen molar-refractivity contribution in [2.45, 2.75) is 13.0 Å². The Balaban J connectivity index is 2.25. The van der Waals surface area contributed by atoms with Crippen molar-refractivity contribution in [2.24, 2.45) is 0 Å². The molecule has 4 nitrogen and oxygen atoms in total. The third-order valence-corrected chi connectivity index (χ3v) is 3.42. The van der Waals surface area contributed by atoms with E-state index in [1.165, 1.54) is 10.9 Å². The molecule has 0 unspecified atom stereocenters. The highest BCUT2D eigenvalue weighted by Gasteiger charge is 2.23. The number of aromatic nitrogens is 3. The molecule has 3 heterocycles. The van der Waals surface area contributed by atoms with Crippen LogP contribution in [0.15, 0.2) is 30.5 Å². The fourth-order valence-electron chi connectivity index (χ4n) is 2.61. The first kappa shape index (κ1) is 8.98. The molecule has 1 N–H and O–H groups in total. The van der Waals surface area contributed by atoms with Crippen LogP contribution in [-0.2, 0) is 0 Å². The van der Waals surface area contributed by atoms with Gasteiger partial charge in [-0.15, -0.1) is 0 Å². The number of hydrogen-bond acceptors (Lipinski definition) is 3. The van der Waals surface area contributed by atoms with E-state index in [0.717, 1.165) is 23.5 Å². The van der Waals surface area contributed by atoms with Crippen LogP contribution in [0.3, 0.4) is 0 Å². The predicted molar refractivity (Wildman–Crippen MR) is 68.2 cm³/mol. The third kappa shape index (κ3) is 1.07. The topological polar surface area (TPSA) is 42.7 Å². The summed E-state index contributed by atoms with van der Waals surface area (Å²) in [4.78, 5) is 9.03. The highest BCUT2D eigenvalue weighted by molar-refractivity contribution is 6.03. The molecule has 0 saturated heterocycles. The van der Waals surface area contributed by atoms with Gasteiger partial charge in [-0.05, 0) is 13.0 Å². The lowest BCUT2D eigenvalue weighted by molar-refractivity contribution is 0.650. The highest BCUT2D eigenvalue weighted by Crippen LogP contribution is 2.32. The minimum atomic E-state index is 0.445. The van der Waals surface area contributed by atoms with Crippen molar-refractivity contribution in [3.8, 4) is 0 Å². The van der Waals surface area contributed by atoms with Crippen LogP contribution >= 0.6 is 0 Å². The largest absolute Gasteiger partial charge is 0.354 e. The molecule has 0 saturated carbocycles. The van der Waals surface area contributed by atoms with Crippen molar-refractivity contribution in [1.29, 1.82) is 0 Å². The Kier molecular flexibility index (Phi) is 1.57. The van der Waals surface area contributed by atoms with E-state index in [2.05, 4.69) is 38.9 Å². The number of nitrogens with one attached hydrogen (secondary N) is 1. The number of anilines is 1. The standard InChI is InChI=1S/C13H12N4/c1-8-6-15-13-16-11-7-14-10-5-3-2-4-9(10)12(11)17(8)13/h2-5,7-8H,6H2,1H3,(H,15,16)/t8-/m0/s1. The van der Waals surface area contributed by atoms with Gasteiger partial charge < -0.3 is 9.88 Å². The van der Waals surface area contributed by atoms with Gasteiger partial charge in [-0.1, -0.05) is 18.2 Å². The van der Waals surface area contributed by atoms with Gasteiger partial charge in [0, 0.05) is 11.9 Å². The highest BCUT2D eigenvalue weighted by atomic mass is 15.3. The monoisotopic (exact) mass is 224 g/mol. The van der Waals surface area contributed by atoms with Crippen molar-refractivity contribution in [1.82, 2.24) is 14.5 Å². The van der Waals surface area contributed by atoms with Gasteiger partial charge in [-0.2, -0.15) is 0 Å². The van der Waals surface area contributed by atoms with Gasteiger partial charge in [0.1, 0.15) is 5.52 Å². The van der Waals surface area contributed by atoms with Crippen LogP contribution in [0.25, 0.3) is 21.9 Å². The number of fused-ring (bicyclic) bond motifs is 5. The van der Waals surface area contributed by atoms with E-state index in [-0.39, 0.29) is 0 Å². The predicted octanol–water partition coefficient (Wildman–Crippen LogP) is 2.57. The zero-order valence-electron chi connectivity index (χ0n) is 9.51. The van der Waals surface area contributed by atoms with Gasteiger partial charge in [-0.3, -0.25) is 4.98 Å². The van der Waals surface area contributed by atoms with Crippen LogP contribution in [0.5, 0.6) is 0 Å². The second-order valence-electron chi connectivity index (χ2n) is 4.54. The maximum atomic E-state index is 4.58. The summed E-state index contributed by atoms with van der Waals surface area (Å²) in [5.41, 5.74) is 3.20. The summed E-state index contributed by atoms with van der Waals surface area (Å²) in [5, 5.41) is 4.51. The first-order valence-corrected chi connectivity index (χ1v) is 5.84. The summed E-state index contributed by atoms with van der Waals surface area (Å²) in [6, 6.07) is 8.67. The Morgan fingerprint density at radius 2 is 2.18 bits per heavy atom. The van der Waals surface area contributed by atoms with Crippen molar-refractivity contribution in [3.05, 3.63) is 30.5 Å². The molecule has 0 aliphatic carbocycles. The van der Waals surface area contributed by atoms with Crippen LogP contribution < -0.4 is 5.32 Å². The molecule has 0 amide bonds. The van der Waals surface area contributed by atoms with Crippen LogP contribution in [0.4, 0.5) is 5.95 Å². The summed E-state index contributed by atoms with van der Waals surface area (Å²) in [6.45, 7) is 3.16. The average molecular weight is 224 g/mol. The molecule has 1 aromatic carbocycles. The van der Waals surface area contributed by atoms with Crippen molar-refractivity contribution in [3.63, 3.8) is 0 Å². The summed E-state index contributed by atoms with van der Waals surface area (Å²) in [7, 11) is 0. The Bertz CT molecular complexity index is 729. The number of hydrogen-bond donors (Lipinski definition) is 1. The van der Waals surface area contributed by atoms with Gasteiger partial charge >= 0.3 is 0 Å². The van der Waals surface area contributed by atoms with Crippen LogP contribution in [-0.4, -0.2) is 21.1 Å². The number of rotatable bonds is 0. The fraction of sp³-hybridized carbons (Fsp3) is 0.231. The molecule has 84 valence electrons. The second-order valence-corrected chi connectivity index (χ2v) is 4.54. The SMILES string of the molecule is C[C@H]1CNc2nc3cnc4ccccc4c3n21. The molecule has 0 radical (unpaired) electrons. The maximum Gasteiger partial charge on any atom is 0.204 e. The van der Waals surface area contributed by atoms with E-state index in [0.29, 0.717) is 6.04 Å². The molecule has 0 bridgehead atoms. The molecule has 4 heteroatoms. The molecule has 1 aliphatic heterocycles. The van der Waals surface area contributed by atoms with E-state index in [4.69, 9.17) is 0 Å². The Labute approximate surface area is 98.3 Å². The zero-order valence-corrected chi connectivity index (χ0v) is 9.51. The van der Waals surface area contributed by atoms with Crippen LogP contribution in [0, 0.1) is 0 Å². The molecule has 1 atom stereocenters. The normalized spacial score (nSPS) is 18.5. The van der Waals surface area contributed by atoms with Crippen molar-refractivity contribution < 1.29 is 0 Å². The van der Waals surface area contributed by atoms with E-state index in [9.17, 15) is 0 Å². The third-order valence-electron chi connectivity index (χ3n) is 3.42. The van der Waals surface area contributed by atoms with Gasteiger partial charge in [0.05, 0.1) is 23.3 Å². The minimum absolute atomic E-state index is 0.445. The molecular weight excluding hydrogens is 212 g/mol. The van der Waals surface area contributed by atoms with E-state index in [1.54, 1.807) is 0 Å². The maximum absolute atomic E-state index is 4.58. The van der Waals surface area contributed by atoms with E-state index in [1.807, 2.05) is 18.3 Å². The van der Waals surface area contributed by atoms with E-state index >= 15 is 0 Å². The molecule has 17 heavy (non-hydrogen) atoms. The van der Waals surface area contributed by atoms with Gasteiger partial charge in [0.2, 0.25) is 5.95 Å². The van der Waals surface area contributed by atoms with Gasteiger partial charge in [0.25, 0.3) is 0 Å². The smallest absolute Gasteiger partial charge is 0.204 e. The summed E-state index contributed by atoms with van der Waals surface area (Å²) < 4.78 is 2.28. The molecular formula is C13H12N4. The molecule has 0 spiro atoms. The first-order chi connectivity index (χ1) is 8.34. The van der Waals surface area contributed by atoms with Crippen molar-refractivity contribution >= 4 is 27.9 Å². The van der Waals surface area contributed by atoms with Crippen LogP contribution in [0.1, 0.15) is 13.0 Å². The lowest BCUT2D eigenvalue weighted by atomic mass is 10.2. The molecule has 1 aliphatic rings. The van der Waals surface area contributed by atoms with Gasteiger partial charge in [-0.25, -0.2) is 4.98 Å². The Morgan fingerprint density at radius 3 is 3.12 bits per heavy atom. The average Bonchev–Trinajstić information content (AvgIpc) is 2.89. The van der Waals surface area contributed by atoms with Gasteiger partial charge in [0.15, 0.2) is 0 Å². The quantitative estimate of drug-likeness (QED) is 0.638. The second kappa shape index (κ2) is 2.97. The number of nitrogens with zero attached hydrogens (tertiary/aromatic N) is 3. The molecule has 2 aromatic heterocycles. The lowest BCUT2D eigenvalue weighted by Crippen LogP contribution is -2.03. The summed E-state index contributed by atoms with van der Waals surface area (Å²) in [5.74, 6) is 0.964. The molecule has 3 aromatic rings. The Morgan fingerprint density at radius 1 is 1.29 bits per heavy atom. The number of pyridine rings is 1. The summed E-state index contributed by atoms with van der Waals surface area (Å²) in [6.07, 6.45) is 1.86.